The fraction of sp³-hybridized carbons (Fsp3) is 0.571. The predicted octanol–water partition coefficient (Wildman–Crippen LogP) is 2.44. The number of nitrogens with one attached hydrogen (secondary N) is 1. The third-order valence-corrected chi connectivity index (χ3v) is 2.63. The molecular weight excluding hydrogens is 214 g/mol. The number of ether oxygens (including phenoxy) is 2. The average molecular weight is 237 g/mol. The van der Waals surface area contributed by atoms with Gasteiger partial charge in [-0.2, -0.15) is 0 Å². The van der Waals surface area contributed by atoms with Crippen molar-refractivity contribution in [1.82, 2.24) is 5.32 Å². The monoisotopic (exact) mass is 237 g/mol. The van der Waals surface area contributed by atoms with Crippen LogP contribution in [0.4, 0.5) is 0 Å². The first-order valence-electron chi connectivity index (χ1n) is 6.11. The quantitative estimate of drug-likeness (QED) is 0.739. The van der Waals surface area contributed by atoms with Crippen LogP contribution >= 0.6 is 0 Å². The molecule has 3 heteroatoms. The smallest absolute Gasteiger partial charge is 0.125 e. The van der Waals surface area contributed by atoms with E-state index in [1.165, 1.54) is 16.7 Å². The highest BCUT2D eigenvalue weighted by Crippen LogP contribution is 2.24. The summed E-state index contributed by atoms with van der Waals surface area (Å²) in [6.45, 7) is 9.42. The summed E-state index contributed by atoms with van der Waals surface area (Å²) in [4.78, 5) is 0. The van der Waals surface area contributed by atoms with Crippen molar-refractivity contribution in [2.45, 2.75) is 27.3 Å². The maximum Gasteiger partial charge on any atom is 0.125 e. The lowest BCUT2D eigenvalue weighted by Crippen LogP contribution is -2.12. The van der Waals surface area contributed by atoms with E-state index in [0.717, 1.165) is 18.8 Å². The molecule has 0 aliphatic rings. The number of aryl methyl sites for hydroxylation is 2. The summed E-state index contributed by atoms with van der Waals surface area (Å²) in [6, 6.07) is 4.36. The molecule has 1 aromatic rings. The standard InChI is InChI=1S/C14H23NO2/c1-5-15-10-13-8-11(2)14(12(3)9-13)17-7-6-16-4/h8-9,15H,5-7,10H2,1-4H3. The van der Waals surface area contributed by atoms with Gasteiger partial charge in [-0.05, 0) is 37.1 Å². The van der Waals surface area contributed by atoms with Gasteiger partial charge in [0, 0.05) is 13.7 Å². The van der Waals surface area contributed by atoms with Gasteiger partial charge in [-0.1, -0.05) is 19.1 Å². The highest BCUT2D eigenvalue weighted by atomic mass is 16.5. The van der Waals surface area contributed by atoms with Crippen molar-refractivity contribution in [2.75, 3.05) is 26.9 Å². The van der Waals surface area contributed by atoms with Crippen LogP contribution in [0.3, 0.4) is 0 Å². The van der Waals surface area contributed by atoms with Gasteiger partial charge in [0.15, 0.2) is 0 Å². The summed E-state index contributed by atoms with van der Waals surface area (Å²) in [5.74, 6) is 0.988. The zero-order chi connectivity index (χ0) is 12.7. The van der Waals surface area contributed by atoms with Crippen molar-refractivity contribution >= 4 is 0 Å². The predicted molar refractivity (Wildman–Crippen MR) is 70.7 cm³/mol. The van der Waals surface area contributed by atoms with E-state index in [0.29, 0.717) is 13.2 Å². The highest BCUT2D eigenvalue weighted by molar-refractivity contribution is 5.43. The first kappa shape index (κ1) is 14.0. The number of rotatable bonds is 7. The molecule has 0 atom stereocenters. The lowest BCUT2D eigenvalue weighted by atomic mass is 10.1. The number of hydrogen-bond donors (Lipinski definition) is 1. The summed E-state index contributed by atoms with van der Waals surface area (Å²) >= 11 is 0. The Bertz CT molecular complexity index is 327. The largest absolute Gasteiger partial charge is 0.491 e. The molecule has 17 heavy (non-hydrogen) atoms. The van der Waals surface area contributed by atoms with Gasteiger partial charge in [-0.15, -0.1) is 0 Å². The Labute approximate surface area is 104 Å². The molecule has 1 rings (SSSR count). The highest BCUT2D eigenvalue weighted by Gasteiger charge is 2.06. The summed E-state index contributed by atoms with van der Waals surface area (Å²) in [6.07, 6.45) is 0. The molecule has 0 spiro atoms. The molecule has 96 valence electrons. The van der Waals surface area contributed by atoms with Crippen LogP contribution in [0.25, 0.3) is 0 Å². The van der Waals surface area contributed by atoms with E-state index in [1.807, 2.05) is 0 Å². The molecule has 0 bridgehead atoms. The van der Waals surface area contributed by atoms with Gasteiger partial charge in [0.25, 0.3) is 0 Å². The molecule has 0 saturated heterocycles. The zero-order valence-corrected chi connectivity index (χ0v) is 11.3. The molecule has 0 aliphatic heterocycles. The Morgan fingerprint density at radius 3 is 2.29 bits per heavy atom. The fourth-order valence-electron chi connectivity index (χ4n) is 1.87. The van der Waals surface area contributed by atoms with Crippen LogP contribution in [0.15, 0.2) is 12.1 Å². The molecule has 0 heterocycles. The lowest BCUT2D eigenvalue weighted by molar-refractivity contribution is 0.145. The summed E-state index contributed by atoms with van der Waals surface area (Å²) in [5.41, 5.74) is 3.68. The molecule has 0 aliphatic carbocycles. The van der Waals surface area contributed by atoms with E-state index in [4.69, 9.17) is 9.47 Å². The van der Waals surface area contributed by atoms with Crippen LogP contribution in [0.5, 0.6) is 5.75 Å². The Morgan fingerprint density at radius 1 is 1.12 bits per heavy atom. The summed E-state index contributed by atoms with van der Waals surface area (Å²) < 4.78 is 10.7. The van der Waals surface area contributed by atoms with Crippen molar-refractivity contribution in [1.29, 1.82) is 0 Å². The molecule has 1 N–H and O–H groups in total. The minimum atomic E-state index is 0.602. The van der Waals surface area contributed by atoms with Gasteiger partial charge in [-0.3, -0.25) is 0 Å². The van der Waals surface area contributed by atoms with Crippen molar-refractivity contribution in [3.05, 3.63) is 28.8 Å². The summed E-state index contributed by atoms with van der Waals surface area (Å²) in [5, 5.41) is 3.33. The van der Waals surface area contributed by atoms with Gasteiger partial charge in [-0.25, -0.2) is 0 Å². The van der Waals surface area contributed by atoms with E-state index in [2.05, 4.69) is 38.2 Å². The van der Waals surface area contributed by atoms with Crippen LogP contribution in [0, 0.1) is 13.8 Å². The van der Waals surface area contributed by atoms with Crippen molar-refractivity contribution in [2.24, 2.45) is 0 Å². The van der Waals surface area contributed by atoms with Crippen LogP contribution in [-0.4, -0.2) is 26.9 Å². The third kappa shape index (κ3) is 4.36. The average Bonchev–Trinajstić information content (AvgIpc) is 2.30. The van der Waals surface area contributed by atoms with Crippen molar-refractivity contribution < 1.29 is 9.47 Å². The Kier molecular flexibility index (Phi) is 6.01. The Balaban J connectivity index is 2.72. The fourth-order valence-corrected chi connectivity index (χ4v) is 1.87. The molecule has 0 fully saturated rings. The number of hydrogen-bond acceptors (Lipinski definition) is 3. The van der Waals surface area contributed by atoms with Gasteiger partial charge >= 0.3 is 0 Å². The maximum atomic E-state index is 5.72. The van der Waals surface area contributed by atoms with E-state index < -0.39 is 0 Å². The molecule has 3 nitrogen and oxygen atoms in total. The van der Waals surface area contributed by atoms with E-state index in [9.17, 15) is 0 Å². The van der Waals surface area contributed by atoms with E-state index in [-0.39, 0.29) is 0 Å². The third-order valence-electron chi connectivity index (χ3n) is 2.63. The van der Waals surface area contributed by atoms with E-state index >= 15 is 0 Å². The zero-order valence-electron chi connectivity index (χ0n) is 11.3. The molecule has 0 unspecified atom stereocenters. The van der Waals surface area contributed by atoms with Gasteiger partial charge in [0.1, 0.15) is 12.4 Å². The second-order valence-electron chi connectivity index (χ2n) is 4.18. The maximum absolute atomic E-state index is 5.72. The van der Waals surface area contributed by atoms with Crippen molar-refractivity contribution in [3.8, 4) is 5.75 Å². The van der Waals surface area contributed by atoms with Gasteiger partial charge < -0.3 is 14.8 Å². The number of methoxy groups -OCH3 is 1. The topological polar surface area (TPSA) is 30.5 Å². The Morgan fingerprint density at radius 2 is 1.76 bits per heavy atom. The molecule has 1 aromatic carbocycles. The SMILES string of the molecule is CCNCc1cc(C)c(OCCOC)c(C)c1. The molecule has 0 saturated carbocycles. The van der Waals surface area contributed by atoms with Crippen LogP contribution in [0.1, 0.15) is 23.6 Å². The summed E-state index contributed by atoms with van der Waals surface area (Å²) in [7, 11) is 1.68. The minimum Gasteiger partial charge on any atom is -0.491 e. The Hall–Kier alpha value is -1.06. The molecular formula is C14H23NO2. The first-order chi connectivity index (χ1) is 8.19. The van der Waals surface area contributed by atoms with Gasteiger partial charge in [0.2, 0.25) is 0 Å². The normalized spacial score (nSPS) is 10.6. The van der Waals surface area contributed by atoms with E-state index in [1.54, 1.807) is 7.11 Å². The first-order valence-corrected chi connectivity index (χ1v) is 6.11. The van der Waals surface area contributed by atoms with Crippen LogP contribution < -0.4 is 10.1 Å². The lowest BCUT2D eigenvalue weighted by Gasteiger charge is -2.14. The minimum absolute atomic E-state index is 0.602. The molecule has 0 radical (unpaired) electrons. The number of benzene rings is 1. The molecule has 0 aromatic heterocycles. The second-order valence-corrected chi connectivity index (χ2v) is 4.18. The van der Waals surface area contributed by atoms with Gasteiger partial charge in [0.05, 0.1) is 6.61 Å². The van der Waals surface area contributed by atoms with Crippen LogP contribution in [-0.2, 0) is 11.3 Å². The van der Waals surface area contributed by atoms with Crippen molar-refractivity contribution in [3.63, 3.8) is 0 Å². The molecule has 0 amide bonds. The second kappa shape index (κ2) is 7.30. The van der Waals surface area contributed by atoms with Crippen LogP contribution in [0.2, 0.25) is 0 Å².